The maximum Gasteiger partial charge on any atom is 0.0898 e. The van der Waals surface area contributed by atoms with Gasteiger partial charge in [-0.15, -0.1) is 0 Å². The lowest BCUT2D eigenvalue weighted by Crippen LogP contribution is -2.46. The second-order valence-corrected chi connectivity index (χ2v) is 10.9. The number of alkyl halides is 3. The van der Waals surface area contributed by atoms with Crippen LogP contribution in [0.4, 0.5) is 0 Å². The number of aliphatic hydroxyl groups is 1. The van der Waals surface area contributed by atoms with Gasteiger partial charge in [-0.2, -0.15) is 0 Å². The van der Waals surface area contributed by atoms with Crippen LogP contribution < -0.4 is 0 Å². The average molecular weight is 399 g/mol. The topological polar surface area (TPSA) is 20.2 Å². The van der Waals surface area contributed by atoms with Crippen molar-refractivity contribution in [1.82, 2.24) is 0 Å². The summed E-state index contributed by atoms with van der Waals surface area (Å²) in [4.78, 5) is 0.363. The lowest BCUT2D eigenvalue weighted by molar-refractivity contribution is -0.0514. The highest BCUT2D eigenvalue weighted by Crippen LogP contribution is 2.89. The molecule has 0 spiro atoms. The summed E-state index contributed by atoms with van der Waals surface area (Å²) in [6.07, 6.45) is 1.38. The van der Waals surface area contributed by atoms with Gasteiger partial charge in [0.2, 0.25) is 0 Å². The summed E-state index contributed by atoms with van der Waals surface area (Å²) in [5, 5.41) is 11.0. The Labute approximate surface area is 114 Å². The van der Waals surface area contributed by atoms with Gasteiger partial charge >= 0.3 is 0 Å². The highest BCUT2D eigenvalue weighted by molar-refractivity contribution is 9.25. The molecular formula is C11H11Br3O. The van der Waals surface area contributed by atoms with E-state index in [1.807, 2.05) is 0 Å². The van der Waals surface area contributed by atoms with E-state index >= 15 is 0 Å². The van der Waals surface area contributed by atoms with Crippen molar-refractivity contribution < 1.29 is 5.11 Å². The Morgan fingerprint density at radius 3 is 2.40 bits per heavy atom. The molecule has 0 saturated heterocycles. The molecule has 4 heteroatoms. The van der Waals surface area contributed by atoms with Crippen LogP contribution in [-0.4, -0.2) is 18.8 Å². The lowest BCUT2D eigenvalue weighted by Gasteiger charge is -2.38. The first-order chi connectivity index (χ1) is 7.00. The van der Waals surface area contributed by atoms with Crippen LogP contribution in [0.2, 0.25) is 0 Å². The van der Waals surface area contributed by atoms with Crippen LogP contribution in [0.25, 0.3) is 0 Å². The first-order valence-electron chi connectivity index (χ1n) is 5.75. The van der Waals surface area contributed by atoms with Crippen LogP contribution >= 0.6 is 47.8 Å². The molecule has 8 unspecified atom stereocenters. The average Bonchev–Trinajstić information content (AvgIpc) is 2.81. The van der Waals surface area contributed by atoms with E-state index in [1.165, 1.54) is 6.42 Å². The van der Waals surface area contributed by atoms with E-state index in [2.05, 4.69) is 47.8 Å². The zero-order valence-electron chi connectivity index (χ0n) is 7.91. The molecule has 6 saturated carbocycles. The van der Waals surface area contributed by atoms with Crippen LogP contribution in [-0.2, 0) is 0 Å². The van der Waals surface area contributed by atoms with E-state index in [1.54, 1.807) is 0 Å². The molecule has 0 amide bonds. The molecule has 0 aromatic heterocycles. The van der Waals surface area contributed by atoms with Gasteiger partial charge in [-0.1, -0.05) is 47.8 Å². The fraction of sp³-hybridized carbons (Fsp3) is 1.00. The van der Waals surface area contributed by atoms with Gasteiger partial charge in [0, 0.05) is 10.7 Å². The van der Waals surface area contributed by atoms with Crippen LogP contribution in [0.5, 0.6) is 0 Å². The van der Waals surface area contributed by atoms with Gasteiger partial charge < -0.3 is 5.11 Å². The second kappa shape index (κ2) is 2.17. The summed E-state index contributed by atoms with van der Waals surface area (Å²) in [7, 11) is 0. The van der Waals surface area contributed by atoms with Crippen LogP contribution in [0.1, 0.15) is 6.42 Å². The minimum Gasteiger partial charge on any atom is -0.388 e. The Morgan fingerprint density at radius 2 is 1.73 bits per heavy atom. The molecule has 6 aliphatic carbocycles. The van der Waals surface area contributed by atoms with E-state index < -0.39 is 5.60 Å². The van der Waals surface area contributed by atoms with Gasteiger partial charge in [0.25, 0.3) is 0 Å². The van der Waals surface area contributed by atoms with Crippen molar-refractivity contribution in [3.63, 3.8) is 0 Å². The van der Waals surface area contributed by atoms with Gasteiger partial charge in [0.1, 0.15) is 0 Å². The van der Waals surface area contributed by atoms with Crippen molar-refractivity contribution in [2.75, 3.05) is 0 Å². The predicted molar refractivity (Wildman–Crippen MR) is 67.3 cm³/mol. The van der Waals surface area contributed by atoms with Crippen molar-refractivity contribution in [1.29, 1.82) is 0 Å². The third kappa shape index (κ3) is 0.609. The molecule has 6 rings (SSSR count). The summed E-state index contributed by atoms with van der Waals surface area (Å²) in [5.74, 6) is 4.93. The van der Waals surface area contributed by atoms with Crippen molar-refractivity contribution in [2.24, 2.45) is 41.4 Å². The van der Waals surface area contributed by atoms with Gasteiger partial charge in [0.05, 0.1) is 8.83 Å². The highest BCUT2D eigenvalue weighted by Gasteiger charge is 2.91. The Balaban J connectivity index is 1.88. The Hall–Kier alpha value is 1.40. The number of hydrogen-bond donors (Lipinski definition) is 1. The summed E-state index contributed by atoms with van der Waals surface area (Å²) in [6, 6.07) is 0. The second-order valence-electron chi connectivity index (χ2n) is 6.21. The van der Waals surface area contributed by atoms with E-state index in [4.69, 9.17) is 0 Å². The molecule has 1 N–H and O–H groups in total. The molecule has 0 aliphatic heterocycles. The fourth-order valence-electron chi connectivity index (χ4n) is 6.49. The Morgan fingerprint density at radius 1 is 1.07 bits per heavy atom. The number of hydrogen-bond acceptors (Lipinski definition) is 1. The summed E-state index contributed by atoms with van der Waals surface area (Å²) >= 11 is 11.6. The van der Waals surface area contributed by atoms with Gasteiger partial charge in [-0.3, -0.25) is 0 Å². The Kier molecular flexibility index (Phi) is 1.35. The summed E-state index contributed by atoms with van der Waals surface area (Å²) in [5.41, 5.74) is -0.412. The SMILES string of the molecule is OC12C3C4CC5C(C4[C@@H]1Br)C2C(Br)(Br)C53. The number of halogens is 3. The Bertz CT molecular complexity index is 395. The van der Waals surface area contributed by atoms with Crippen LogP contribution in [0, 0.1) is 41.4 Å². The molecular weight excluding hydrogens is 388 g/mol. The number of rotatable bonds is 0. The molecule has 0 aromatic carbocycles. The first kappa shape index (κ1) is 9.35. The van der Waals surface area contributed by atoms with Crippen LogP contribution in [0.3, 0.4) is 0 Å². The minimum absolute atomic E-state index is 0.0424. The normalized spacial score (nSPS) is 79.2. The monoisotopic (exact) mass is 396 g/mol. The predicted octanol–water partition coefficient (Wildman–Crippen LogP) is 2.74. The molecule has 6 aliphatic rings. The standard InChI is InChI=1S/C11H11Br3O/c12-9-5-3-1-2-4(5)8-10(9,15)6(3)7(2)11(8,13)14/h2-9,15H,1H2/t2?,3?,4?,5?,6?,7?,8?,9-,10?/m0/s1. The van der Waals surface area contributed by atoms with Crippen LogP contribution in [0.15, 0.2) is 0 Å². The summed E-state index contributed by atoms with van der Waals surface area (Å²) < 4.78 is 0.0424. The third-order valence-corrected chi connectivity index (χ3v) is 9.73. The van der Waals surface area contributed by atoms with Crippen molar-refractivity contribution in [2.45, 2.75) is 20.1 Å². The van der Waals surface area contributed by atoms with Crippen molar-refractivity contribution in [3.8, 4) is 0 Å². The summed E-state index contributed by atoms with van der Waals surface area (Å²) in [6.45, 7) is 0. The van der Waals surface area contributed by atoms with E-state index in [0.717, 1.165) is 23.7 Å². The quantitative estimate of drug-likeness (QED) is 0.622. The lowest BCUT2D eigenvalue weighted by atomic mass is 9.69. The molecule has 0 heterocycles. The van der Waals surface area contributed by atoms with Crippen molar-refractivity contribution in [3.05, 3.63) is 0 Å². The van der Waals surface area contributed by atoms with E-state index in [9.17, 15) is 5.11 Å². The third-order valence-electron chi connectivity index (χ3n) is 6.34. The van der Waals surface area contributed by atoms with Gasteiger partial charge in [-0.25, -0.2) is 0 Å². The molecule has 0 aromatic rings. The smallest absolute Gasteiger partial charge is 0.0898 e. The minimum atomic E-state index is -0.412. The van der Waals surface area contributed by atoms with E-state index in [-0.39, 0.29) is 3.23 Å². The highest BCUT2D eigenvalue weighted by atomic mass is 79.9. The maximum absolute atomic E-state index is 11.0. The molecule has 6 fully saturated rings. The van der Waals surface area contributed by atoms with E-state index in [0.29, 0.717) is 22.6 Å². The molecule has 0 radical (unpaired) electrons. The van der Waals surface area contributed by atoms with Gasteiger partial charge in [0.15, 0.2) is 0 Å². The largest absolute Gasteiger partial charge is 0.388 e. The zero-order chi connectivity index (χ0) is 10.3. The molecule has 6 bridgehead atoms. The fourth-order valence-corrected chi connectivity index (χ4v) is 10.4. The molecule has 15 heavy (non-hydrogen) atoms. The molecule has 82 valence electrons. The zero-order valence-corrected chi connectivity index (χ0v) is 12.7. The first-order valence-corrected chi connectivity index (χ1v) is 8.25. The maximum atomic E-state index is 11.0. The van der Waals surface area contributed by atoms with Crippen molar-refractivity contribution >= 4 is 47.8 Å². The molecule has 1 nitrogen and oxygen atoms in total. The van der Waals surface area contributed by atoms with Gasteiger partial charge in [-0.05, 0) is 41.9 Å². The molecule has 9 atom stereocenters.